The summed E-state index contributed by atoms with van der Waals surface area (Å²) in [7, 11) is -4.03. The summed E-state index contributed by atoms with van der Waals surface area (Å²) >= 11 is 6.51. The molecule has 0 fully saturated rings. The standard InChI is InChI=1S/C32H30ClN3O4S/c1-4-26(31-34-28-18-20(2)17-21(3)30(28)35-31)22-13-15-24(16-14-22)40-19-23-9-8-12-27(29(23)33)32(37)36-41(38,39)25-10-6-5-7-11-25/h5-18,26H,4,19H2,1-3H3,(H,34,35)(H,36,37). The molecule has 1 aromatic heterocycles. The van der Waals surface area contributed by atoms with Crippen LogP contribution >= 0.6 is 11.6 Å². The van der Waals surface area contributed by atoms with Gasteiger partial charge in [-0.05, 0) is 73.4 Å². The number of halogens is 1. The van der Waals surface area contributed by atoms with Gasteiger partial charge < -0.3 is 9.72 Å². The van der Waals surface area contributed by atoms with Crippen LogP contribution in [0.15, 0.2) is 89.8 Å². The number of aryl methyl sites for hydroxylation is 2. The van der Waals surface area contributed by atoms with Gasteiger partial charge in [-0.1, -0.05) is 67.1 Å². The Morgan fingerprint density at radius 3 is 2.44 bits per heavy atom. The smallest absolute Gasteiger partial charge is 0.266 e. The number of benzene rings is 4. The van der Waals surface area contributed by atoms with E-state index in [1.165, 1.54) is 23.8 Å². The second-order valence-corrected chi connectivity index (χ2v) is 12.0. The van der Waals surface area contributed by atoms with Crippen LogP contribution in [0.4, 0.5) is 0 Å². The first-order valence-electron chi connectivity index (χ1n) is 13.3. The van der Waals surface area contributed by atoms with Gasteiger partial charge in [0.1, 0.15) is 18.2 Å². The van der Waals surface area contributed by atoms with Gasteiger partial charge in [-0.25, -0.2) is 18.1 Å². The average Bonchev–Trinajstić information content (AvgIpc) is 3.38. The molecule has 5 rings (SSSR count). The van der Waals surface area contributed by atoms with E-state index in [1.54, 1.807) is 30.3 Å². The van der Waals surface area contributed by atoms with Crippen molar-refractivity contribution in [2.24, 2.45) is 0 Å². The number of imidazole rings is 1. The fourth-order valence-corrected chi connectivity index (χ4v) is 6.16. The van der Waals surface area contributed by atoms with Gasteiger partial charge in [-0.15, -0.1) is 0 Å². The third kappa shape index (κ3) is 6.14. The zero-order chi connectivity index (χ0) is 29.1. The molecule has 9 heteroatoms. The number of carbonyl (C=O) groups excluding carboxylic acids is 1. The molecule has 0 bridgehead atoms. The van der Waals surface area contributed by atoms with E-state index in [1.807, 2.05) is 24.3 Å². The number of sulfonamides is 1. The summed E-state index contributed by atoms with van der Waals surface area (Å²) in [5.41, 5.74) is 6.10. The van der Waals surface area contributed by atoms with Crippen LogP contribution in [0.5, 0.6) is 5.75 Å². The number of fused-ring (bicyclic) bond motifs is 1. The maximum atomic E-state index is 12.8. The Labute approximate surface area is 244 Å². The molecular weight excluding hydrogens is 558 g/mol. The van der Waals surface area contributed by atoms with Crippen LogP contribution in [0, 0.1) is 13.8 Å². The minimum atomic E-state index is -4.03. The summed E-state index contributed by atoms with van der Waals surface area (Å²) in [6.45, 7) is 6.40. The van der Waals surface area contributed by atoms with Gasteiger partial charge >= 0.3 is 0 Å². The summed E-state index contributed by atoms with van der Waals surface area (Å²) in [4.78, 5) is 21.2. The lowest BCUT2D eigenvalue weighted by atomic mass is 9.96. The highest BCUT2D eigenvalue weighted by atomic mass is 35.5. The number of hydrogen-bond acceptors (Lipinski definition) is 5. The number of carbonyl (C=O) groups is 1. The number of aromatic nitrogens is 2. The van der Waals surface area contributed by atoms with Crippen molar-refractivity contribution in [2.75, 3.05) is 0 Å². The number of ether oxygens (including phenoxy) is 1. The van der Waals surface area contributed by atoms with Gasteiger partial charge in [0.2, 0.25) is 0 Å². The van der Waals surface area contributed by atoms with Crippen molar-refractivity contribution < 1.29 is 17.9 Å². The number of aromatic amines is 1. The third-order valence-corrected chi connectivity index (χ3v) is 8.75. The number of nitrogens with zero attached hydrogens (tertiary/aromatic N) is 1. The minimum absolute atomic E-state index is 0.0109. The number of H-pyrrole nitrogens is 1. The summed E-state index contributed by atoms with van der Waals surface area (Å²) in [6, 6.07) is 24.6. The van der Waals surface area contributed by atoms with Crippen molar-refractivity contribution in [3.63, 3.8) is 0 Å². The maximum Gasteiger partial charge on any atom is 0.266 e. The summed E-state index contributed by atoms with van der Waals surface area (Å²) in [5, 5.41) is 0.131. The molecule has 1 atom stereocenters. The lowest BCUT2D eigenvalue weighted by molar-refractivity contribution is 0.0981. The molecule has 4 aromatic carbocycles. The molecule has 0 aliphatic heterocycles. The monoisotopic (exact) mass is 587 g/mol. The SMILES string of the molecule is CCC(c1ccc(OCc2cccc(C(=O)NS(=O)(=O)c3ccccc3)c2Cl)cc1)c1nc2c(C)cc(C)cc2[nH]1. The third-order valence-electron chi connectivity index (χ3n) is 6.96. The Hall–Kier alpha value is -4.14. The Morgan fingerprint density at radius 2 is 1.73 bits per heavy atom. The molecule has 1 heterocycles. The molecule has 2 N–H and O–H groups in total. The van der Waals surface area contributed by atoms with Gasteiger partial charge in [-0.3, -0.25) is 4.79 Å². The van der Waals surface area contributed by atoms with Crippen LogP contribution in [0.25, 0.3) is 11.0 Å². The van der Waals surface area contributed by atoms with Crippen LogP contribution < -0.4 is 9.46 Å². The predicted molar refractivity (Wildman–Crippen MR) is 161 cm³/mol. The lowest BCUT2D eigenvalue weighted by Crippen LogP contribution is -2.30. The zero-order valence-corrected chi connectivity index (χ0v) is 24.5. The van der Waals surface area contributed by atoms with E-state index in [0.717, 1.165) is 34.4 Å². The van der Waals surface area contributed by atoms with Gasteiger partial charge in [0.15, 0.2) is 0 Å². The molecule has 0 radical (unpaired) electrons. The van der Waals surface area contributed by atoms with Crippen molar-refractivity contribution in [3.05, 3.63) is 124 Å². The molecule has 5 aromatic rings. The largest absolute Gasteiger partial charge is 0.489 e. The Bertz CT molecular complexity index is 1820. The molecule has 0 saturated heterocycles. The molecule has 0 aliphatic carbocycles. The molecule has 0 spiro atoms. The van der Waals surface area contributed by atoms with Crippen molar-refractivity contribution in [3.8, 4) is 5.75 Å². The quantitative estimate of drug-likeness (QED) is 0.192. The summed E-state index contributed by atoms with van der Waals surface area (Å²) < 4.78 is 33.2. The Kier molecular flexibility index (Phi) is 8.15. The second-order valence-electron chi connectivity index (χ2n) is 9.94. The Morgan fingerprint density at radius 1 is 1.00 bits per heavy atom. The molecule has 1 amide bonds. The van der Waals surface area contributed by atoms with Gasteiger partial charge in [0.25, 0.3) is 15.9 Å². The number of hydrogen-bond donors (Lipinski definition) is 2. The highest BCUT2D eigenvalue weighted by Gasteiger charge is 2.22. The van der Waals surface area contributed by atoms with E-state index in [0.29, 0.717) is 11.3 Å². The van der Waals surface area contributed by atoms with E-state index in [2.05, 4.69) is 42.6 Å². The molecular formula is C32H30ClN3O4S. The fourth-order valence-electron chi connectivity index (χ4n) is 4.90. The molecule has 7 nitrogen and oxygen atoms in total. The molecule has 0 saturated carbocycles. The second kappa shape index (κ2) is 11.8. The first kappa shape index (κ1) is 28.4. The normalized spacial score (nSPS) is 12.3. The summed E-state index contributed by atoms with van der Waals surface area (Å²) in [5.74, 6) is 0.859. The van der Waals surface area contributed by atoms with Crippen LogP contribution in [0.3, 0.4) is 0 Å². The average molecular weight is 588 g/mol. The van der Waals surface area contributed by atoms with E-state index in [-0.39, 0.29) is 28.0 Å². The van der Waals surface area contributed by atoms with E-state index >= 15 is 0 Å². The Balaban J connectivity index is 1.28. The van der Waals surface area contributed by atoms with Crippen molar-refractivity contribution in [1.82, 2.24) is 14.7 Å². The molecule has 0 aliphatic rings. The van der Waals surface area contributed by atoms with Crippen LogP contribution in [-0.4, -0.2) is 24.3 Å². The van der Waals surface area contributed by atoms with Crippen molar-refractivity contribution in [1.29, 1.82) is 0 Å². The fraction of sp³-hybridized carbons (Fsp3) is 0.188. The number of rotatable bonds is 9. The van der Waals surface area contributed by atoms with Crippen LogP contribution in [0.2, 0.25) is 5.02 Å². The van der Waals surface area contributed by atoms with E-state index in [4.69, 9.17) is 21.3 Å². The van der Waals surface area contributed by atoms with E-state index < -0.39 is 15.9 Å². The number of nitrogens with one attached hydrogen (secondary N) is 2. The first-order chi connectivity index (χ1) is 19.7. The topological polar surface area (TPSA) is 101 Å². The van der Waals surface area contributed by atoms with Gasteiger partial charge in [0.05, 0.1) is 26.5 Å². The van der Waals surface area contributed by atoms with Gasteiger partial charge in [-0.2, -0.15) is 0 Å². The van der Waals surface area contributed by atoms with Crippen LogP contribution in [0.1, 0.15) is 57.7 Å². The molecule has 1 unspecified atom stereocenters. The first-order valence-corrected chi connectivity index (χ1v) is 15.1. The zero-order valence-electron chi connectivity index (χ0n) is 22.9. The number of amides is 1. The molecule has 41 heavy (non-hydrogen) atoms. The van der Waals surface area contributed by atoms with Crippen molar-refractivity contribution in [2.45, 2.75) is 44.6 Å². The summed E-state index contributed by atoms with van der Waals surface area (Å²) in [6.07, 6.45) is 0.877. The predicted octanol–water partition coefficient (Wildman–Crippen LogP) is 7.07. The highest BCUT2D eigenvalue weighted by Crippen LogP contribution is 2.31. The highest BCUT2D eigenvalue weighted by molar-refractivity contribution is 7.90. The van der Waals surface area contributed by atoms with Crippen molar-refractivity contribution >= 4 is 38.6 Å². The lowest BCUT2D eigenvalue weighted by Gasteiger charge is -2.14. The van der Waals surface area contributed by atoms with Crippen LogP contribution in [-0.2, 0) is 16.6 Å². The molecule has 210 valence electrons. The van der Waals surface area contributed by atoms with E-state index in [9.17, 15) is 13.2 Å². The minimum Gasteiger partial charge on any atom is -0.489 e. The van der Waals surface area contributed by atoms with Gasteiger partial charge in [0, 0.05) is 11.5 Å². The maximum absolute atomic E-state index is 12.8.